The number of rotatable bonds is 2. The summed E-state index contributed by atoms with van der Waals surface area (Å²) in [6, 6.07) is 0.874. The van der Waals surface area contributed by atoms with Gasteiger partial charge in [-0.25, -0.2) is 9.97 Å². The van der Waals surface area contributed by atoms with Crippen LogP contribution in [0.1, 0.15) is 23.3 Å². The minimum Gasteiger partial charge on any atom is -0.348 e. The Morgan fingerprint density at radius 2 is 2.37 bits per heavy atom. The molecular weight excluding hydrogens is 242 g/mol. The summed E-state index contributed by atoms with van der Waals surface area (Å²) in [5.41, 5.74) is 1.20. The summed E-state index contributed by atoms with van der Waals surface area (Å²) in [5, 5.41) is 6.55. The highest BCUT2D eigenvalue weighted by Gasteiger charge is 2.40. The third-order valence-corrected chi connectivity index (χ3v) is 4.19. The zero-order valence-corrected chi connectivity index (χ0v) is 10.4. The molecule has 1 amide bonds. The molecule has 1 saturated carbocycles. The molecule has 6 heteroatoms. The van der Waals surface area contributed by atoms with Crippen molar-refractivity contribution in [1.82, 2.24) is 25.0 Å². The summed E-state index contributed by atoms with van der Waals surface area (Å²) in [6.07, 6.45) is 9.07. The molecule has 19 heavy (non-hydrogen) atoms. The average Bonchev–Trinajstić information content (AvgIpc) is 3.13. The molecule has 6 nitrogen and oxygen atoms in total. The predicted octanol–water partition coefficient (Wildman–Crippen LogP) is 0.209. The van der Waals surface area contributed by atoms with E-state index in [1.54, 1.807) is 18.6 Å². The van der Waals surface area contributed by atoms with Crippen molar-refractivity contribution in [2.45, 2.75) is 24.9 Å². The molecule has 0 radical (unpaired) electrons. The molecule has 2 aromatic heterocycles. The summed E-state index contributed by atoms with van der Waals surface area (Å²) in [5.74, 6) is 0.485. The number of carbonyl (C=O) groups excluding carboxylic acids is 1. The molecule has 2 bridgehead atoms. The minimum absolute atomic E-state index is 0.0897. The van der Waals surface area contributed by atoms with Crippen molar-refractivity contribution in [3.05, 3.63) is 30.5 Å². The maximum Gasteiger partial charge on any atom is 0.271 e. The fraction of sp³-hybridized carbons (Fsp3) is 0.462. The van der Waals surface area contributed by atoms with Gasteiger partial charge in [-0.05, 0) is 18.8 Å². The van der Waals surface area contributed by atoms with Crippen LogP contribution < -0.4 is 10.6 Å². The largest absolute Gasteiger partial charge is 0.348 e. The first-order valence-corrected chi connectivity index (χ1v) is 6.62. The Morgan fingerprint density at radius 3 is 3.16 bits per heavy atom. The number of carbonyl (C=O) groups is 1. The van der Waals surface area contributed by atoms with Crippen LogP contribution in [0.2, 0.25) is 0 Å². The molecule has 0 unspecified atom stereocenters. The maximum absolute atomic E-state index is 12.2. The van der Waals surface area contributed by atoms with E-state index in [1.165, 1.54) is 6.42 Å². The van der Waals surface area contributed by atoms with Gasteiger partial charge in [0.2, 0.25) is 0 Å². The lowest BCUT2D eigenvalue weighted by Crippen LogP contribution is -2.44. The Kier molecular flexibility index (Phi) is 2.32. The first-order chi connectivity index (χ1) is 9.29. The van der Waals surface area contributed by atoms with Gasteiger partial charge in [-0.3, -0.25) is 4.79 Å². The molecular formula is C13H15N5O. The zero-order valence-electron chi connectivity index (χ0n) is 10.4. The minimum atomic E-state index is -0.0897. The second-order valence-electron chi connectivity index (χ2n) is 5.38. The Bertz CT molecular complexity index is 637. The van der Waals surface area contributed by atoms with Crippen LogP contribution in [0.25, 0.3) is 5.65 Å². The van der Waals surface area contributed by atoms with Crippen LogP contribution in [-0.4, -0.2) is 38.9 Å². The SMILES string of the molecule is O=C(N[C@H]1C[C@H]2C[C@H]1CN2)c1cn2ccnc2cn1. The molecule has 0 spiro atoms. The third-order valence-electron chi connectivity index (χ3n) is 4.19. The summed E-state index contributed by atoms with van der Waals surface area (Å²) in [6.45, 7) is 1.02. The van der Waals surface area contributed by atoms with Gasteiger partial charge in [0.1, 0.15) is 5.69 Å². The average molecular weight is 257 g/mol. The number of imidazole rings is 1. The number of nitrogens with one attached hydrogen (secondary N) is 2. The summed E-state index contributed by atoms with van der Waals surface area (Å²) in [4.78, 5) is 20.5. The van der Waals surface area contributed by atoms with Crippen LogP contribution in [0.4, 0.5) is 0 Å². The number of hydrogen-bond acceptors (Lipinski definition) is 4. The molecule has 98 valence electrons. The van der Waals surface area contributed by atoms with Crippen molar-refractivity contribution >= 4 is 11.6 Å². The van der Waals surface area contributed by atoms with Crippen LogP contribution in [-0.2, 0) is 0 Å². The van der Waals surface area contributed by atoms with Gasteiger partial charge in [0.25, 0.3) is 5.91 Å². The van der Waals surface area contributed by atoms with Crippen LogP contribution in [0.3, 0.4) is 0 Å². The topological polar surface area (TPSA) is 71.3 Å². The lowest BCUT2D eigenvalue weighted by Gasteiger charge is -2.23. The van der Waals surface area contributed by atoms with E-state index in [1.807, 2.05) is 10.6 Å². The van der Waals surface area contributed by atoms with E-state index >= 15 is 0 Å². The smallest absolute Gasteiger partial charge is 0.271 e. The number of amides is 1. The van der Waals surface area contributed by atoms with Gasteiger partial charge in [0.15, 0.2) is 5.65 Å². The summed E-state index contributed by atoms with van der Waals surface area (Å²) < 4.78 is 1.81. The zero-order chi connectivity index (χ0) is 12.8. The van der Waals surface area contributed by atoms with Crippen molar-refractivity contribution < 1.29 is 4.79 Å². The highest BCUT2D eigenvalue weighted by Crippen LogP contribution is 2.31. The van der Waals surface area contributed by atoms with Gasteiger partial charge < -0.3 is 15.0 Å². The molecule has 1 saturated heterocycles. The number of hydrogen-bond donors (Lipinski definition) is 2. The highest BCUT2D eigenvalue weighted by atomic mass is 16.2. The van der Waals surface area contributed by atoms with E-state index < -0.39 is 0 Å². The van der Waals surface area contributed by atoms with Crippen molar-refractivity contribution in [3.8, 4) is 0 Å². The first-order valence-electron chi connectivity index (χ1n) is 6.62. The van der Waals surface area contributed by atoms with Gasteiger partial charge in [0, 0.05) is 37.2 Å². The van der Waals surface area contributed by atoms with Gasteiger partial charge in [0.05, 0.1) is 6.20 Å². The van der Waals surface area contributed by atoms with Gasteiger partial charge in [-0.15, -0.1) is 0 Å². The summed E-state index contributed by atoms with van der Waals surface area (Å²) >= 11 is 0. The lowest BCUT2D eigenvalue weighted by atomic mass is 10.0. The number of fused-ring (bicyclic) bond motifs is 3. The molecule has 2 aliphatic rings. The van der Waals surface area contributed by atoms with Gasteiger partial charge >= 0.3 is 0 Å². The standard InChI is InChI=1S/C13H15N5O/c19-13(17-10-4-9-3-8(10)5-15-9)11-7-18-2-1-14-12(18)6-16-11/h1-2,6-10,15H,3-5H2,(H,17,19)/t8-,9+,10-/m0/s1. The van der Waals surface area contributed by atoms with E-state index in [0.29, 0.717) is 23.7 Å². The van der Waals surface area contributed by atoms with E-state index in [9.17, 15) is 4.79 Å². The normalized spacial score (nSPS) is 28.9. The molecule has 2 N–H and O–H groups in total. The van der Waals surface area contributed by atoms with E-state index in [4.69, 9.17) is 0 Å². The summed E-state index contributed by atoms with van der Waals surface area (Å²) in [7, 11) is 0. The molecule has 1 aliphatic heterocycles. The fourth-order valence-electron chi connectivity index (χ4n) is 3.20. The van der Waals surface area contributed by atoms with Crippen molar-refractivity contribution in [2.75, 3.05) is 6.54 Å². The van der Waals surface area contributed by atoms with Crippen molar-refractivity contribution in [3.63, 3.8) is 0 Å². The number of nitrogens with zero attached hydrogens (tertiary/aromatic N) is 3. The van der Waals surface area contributed by atoms with E-state index in [-0.39, 0.29) is 5.91 Å². The molecule has 2 aromatic rings. The monoisotopic (exact) mass is 257 g/mol. The van der Waals surface area contributed by atoms with Gasteiger partial charge in [-0.2, -0.15) is 0 Å². The Hall–Kier alpha value is -1.95. The van der Waals surface area contributed by atoms with E-state index in [0.717, 1.165) is 18.6 Å². The number of aromatic nitrogens is 3. The quantitative estimate of drug-likeness (QED) is 0.807. The Balaban J connectivity index is 1.53. The Labute approximate surface area is 110 Å². The van der Waals surface area contributed by atoms with Crippen LogP contribution in [0, 0.1) is 5.92 Å². The Morgan fingerprint density at radius 1 is 1.42 bits per heavy atom. The molecule has 0 aromatic carbocycles. The van der Waals surface area contributed by atoms with Crippen LogP contribution in [0.15, 0.2) is 24.8 Å². The first kappa shape index (κ1) is 10.9. The number of piperidine rings is 1. The van der Waals surface area contributed by atoms with E-state index in [2.05, 4.69) is 20.6 Å². The second kappa shape index (κ2) is 4.03. The molecule has 2 fully saturated rings. The lowest BCUT2D eigenvalue weighted by molar-refractivity contribution is 0.0919. The molecule has 3 atom stereocenters. The second-order valence-corrected chi connectivity index (χ2v) is 5.38. The van der Waals surface area contributed by atoms with Crippen molar-refractivity contribution in [1.29, 1.82) is 0 Å². The fourth-order valence-corrected chi connectivity index (χ4v) is 3.20. The van der Waals surface area contributed by atoms with Crippen LogP contribution in [0.5, 0.6) is 0 Å². The predicted molar refractivity (Wildman–Crippen MR) is 68.8 cm³/mol. The maximum atomic E-state index is 12.2. The molecule has 3 heterocycles. The van der Waals surface area contributed by atoms with Crippen molar-refractivity contribution in [2.24, 2.45) is 5.92 Å². The van der Waals surface area contributed by atoms with Crippen LogP contribution >= 0.6 is 0 Å². The molecule has 1 aliphatic carbocycles. The molecule has 4 rings (SSSR count). The highest BCUT2D eigenvalue weighted by molar-refractivity contribution is 5.92. The third kappa shape index (κ3) is 1.79. The van der Waals surface area contributed by atoms with Gasteiger partial charge in [-0.1, -0.05) is 0 Å².